The van der Waals surface area contributed by atoms with Crippen LogP contribution in [0.4, 0.5) is 14.5 Å². The van der Waals surface area contributed by atoms with E-state index in [4.69, 9.17) is 4.74 Å². The number of carbonyl (C=O) groups is 1. The molecule has 1 amide bonds. The highest BCUT2D eigenvalue weighted by Gasteiger charge is 2.53. The Kier molecular flexibility index (Phi) is 4.93. The summed E-state index contributed by atoms with van der Waals surface area (Å²) in [5, 5.41) is 24.1. The van der Waals surface area contributed by atoms with E-state index in [0.717, 1.165) is 16.6 Å². The van der Waals surface area contributed by atoms with Crippen molar-refractivity contribution in [3.63, 3.8) is 0 Å². The Morgan fingerprint density at radius 3 is 2.58 bits per heavy atom. The molecule has 2 aromatic carbocycles. The van der Waals surface area contributed by atoms with E-state index < -0.39 is 29.5 Å². The third-order valence-corrected chi connectivity index (χ3v) is 7.49. The lowest BCUT2D eigenvalue weighted by atomic mass is 9.88. The van der Waals surface area contributed by atoms with Gasteiger partial charge in [0, 0.05) is 22.3 Å². The standard InChI is InChI=1S/C26H26F2N2O6/c1-24(2)21-10-14-9-16(4-5-18(14)30(21)12-17(13-31)34-23(24)33)29-22(32)25(7-8-25)15-3-6-19-20(11-15)36-26(27,28)35-19/h3-6,9-11,17,23,31,33H,7-8,12-13H2,1-2H3,(H,29,32)/t17-,23?/m1/s1. The van der Waals surface area contributed by atoms with Crippen LogP contribution in [0.3, 0.4) is 0 Å². The molecule has 0 bridgehead atoms. The fourth-order valence-corrected chi connectivity index (χ4v) is 5.17. The number of aliphatic hydroxyl groups excluding tert-OH is 2. The van der Waals surface area contributed by atoms with Gasteiger partial charge in [-0.2, -0.15) is 0 Å². The van der Waals surface area contributed by atoms with Crippen LogP contribution < -0.4 is 14.8 Å². The lowest BCUT2D eigenvalue weighted by Crippen LogP contribution is -2.37. The van der Waals surface area contributed by atoms with Crippen LogP contribution in [0.1, 0.15) is 37.9 Å². The number of halogens is 2. The molecule has 2 atom stereocenters. The van der Waals surface area contributed by atoms with Crippen LogP contribution in [-0.4, -0.2) is 46.0 Å². The second-order valence-electron chi connectivity index (χ2n) is 10.3. The lowest BCUT2D eigenvalue weighted by molar-refractivity contribution is -0.286. The summed E-state index contributed by atoms with van der Waals surface area (Å²) >= 11 is 0. The van der Waals surface area contributed by atoms with Gasteiger partial charge in [-0.3, -0.25) is 4.79 Å². The first-order chi connectivity index (χ1) is 17.0. The first-order valence-corrected chi connectivity index (χ1v) is 11.8. The number of aliphatic hydroxyl groups is 2. The lowest BCUT2D eigenvalue weighted by Gasteiger charge is -2.29. The Bertz CT molecular complexity index is 1380. The van der Waals surface area contributed by atoms with Gasteiger partial charge in [-0.05, 0) is 68.7 Å². The van der Waals surface area contributed by atoms with Crippen molar-refractivity contribution in [3.05, 3.63) is 53.7 Å². The number of amides is 1. The molecule has 1 fully saturated rings. The number of nitrogens with zero attached hydrogens (tertiary/aromatic N) is 1. The van der Waals surface area contributed by atoms with E-state index >= 15 is 0 Å². The van der Waals surface area contributed by atoms with Crippen molar-refractivity contribution in [1.82, 2.24) is 4.57 Å². The molecule has 0 spiro atoms. The summed E-state index contributed by atoms with van der Waals surface area (Å²) in [5.74, 6) is -0.359. The van der Waals surface area contributed by atoms with Crippen LogP contribution in [0.25, 0.3) is 10.9 Å². The van der Waals surface area contributed by atoms with Crippen LogP contribution in [0.2, 0.25) is 0 Å². The molecule has 1 saturated carbocycles. The van der Waals surface area contributed by atoms with Crippen molar-refractivity contribution in [2.24, 2.45) is 0 Å². The monoisotopic (exact) mass is 500 g/mol. The summed E-state index contributed by atoms with van der Waals surface area (Å²) in [4.78, 5) is 13.3. The van der Waals surface area contributed by atoms with E-state index in [-0.39, 0.29) is 24.0 Å². The van der Waals surface area contributed by atoms with Crippen molar-refractivity contribution in [1.29, 1.82) is 0 Å². The SMILES string of the molecule is CC1(C)c2cc3cc(NC(=O)C4(c5ccc6c(c5)OC(F)(F)O6)CC4)ccc3n2C[C@H](CO)OC1O. The largest absolute Gasteiger partial charge is 0.586 e. The molecule has 6 rings (SSSR count). The molecule has 190 valence electrons. The number of alkyl halides is 2. The third kappa shape index (κ3) is 3.55. The topological polar surface area (TPSA) is 102 Å². The van der Waals surface area contributed by atoms with Crippen molar-refractivity contribution < 1.29 is 38.0 Å². The summed E-state index contributed by atoms with van der Waals surface area (Å²) in [6.07, 6.45) is -4.17. The first-order valence-electron chi connectivity index (χ1n) is 11.8. The van der Waals surface area contributed by atoms with Gasteiger partial charge in [0.1, 0.15) is 6.10 Å². The molecule has 3 aromatic rings. The van der Waals surface area contributed by atoms with Gasteiger partial charge in [0.15, 0.2) is 17.8 Å². The molecule has 3 aliphatic rings. The van der Waals surface area contributed by atoms with E-state index in [1.54, 1.807) is 12.1 Å². The van der Waals surface area contributed by atoms with Crippen molar-refractivity contribution >= 4 is 22.5 Å². The van der Waals surface area contributed by atoms with Gasteiger partial charge in [0.05, 0.1) is 24.0 Å². The molecule has 8 nitrogen and oxygen atoms in total. The fourth-order valence-electron chi connectivity index (χ4n) is 5.17. The molecule has 3 N–H and O–H groups in total. The number of benzene rings is 2. The molecule has 10 heteroatoms. The quantitative estimate of drug-likeness (QED) is 0.506. The number of ether oxygens (including phenoxy) is 3. The maximum Gasteiger partial charge on any atom is 0.586 e. The highest BCUT2D eigenvalue weighted by atomic mass is 19.3. The van der Waals surface area contributed by atoms with Crippen molar-refractivity contribution in [3.8, 4) is 11.5 Å². The normalized spacial score (nSPS) is 24.7. The van der Waals surface area contributed by atoms with E-state index in [0.29, 0.717) is 30.6 Å². The number of hydrogen-bond acceptors (Lipinski definition) is 6. The van der Waals surface area contributed by atoms with Gasteiger partial charge in [0.25, 0.3) is 0 Å². The number of nitrogens with one attached hydrogen (secondary N) is 1. The van der Waals surface area contributed by atoms with E-state index in [9.17, 15) is 23.8 Å². The third-order valence-electron chi connectivity index (χ3n) is 7.49. The molecule has 2 aliphatic heterocycles. The van der Waals surface area contributed by atoms with Crippen LogP contribution in [0.5, 0.6) is 11.5 Å². The molecule has 36 heavy (non-hydrogen) atoms. The van der Waals surface area contributed by atoms with E-state index in [2.05, 4.69) is 14.8 Å². The second-order valence-corrected chi connectivity index (χ2v) is 10.3. The first kappa shape index (κ1) is 23.2. The predicted molar refractivity (Wildman–Crippen MR) is 125 cm³/mol. The van der Waals surface area contributed by atoms with E-state index in [1.165, 1.54) is 12.1 Å². The zero-order valence-corrected chi connectivity index (χ0v) is 19.8. The van der Waals surface area contributed by atoms with E-state index in [1.807, 2.05) is 36.6 Å². The fraction of sp³-hybridized carbons (Fsp3) is 0.423. The molecule has 3 heterocycles. The Morgan fingerprint density at radius 1 is 1.11 bits per heavy atom. The summed E-state index contributed by atoms with van der Waals surface area (Å²) < 4.78 is 43.5. The number of aromatic nitrogens is 1. The maximum absolute atomic E-state index is 13.4. The minimum Gasteiger partial charge on any atom is -0.395 e. The van der Waals surface area contributed by atoms with Gasteiger partial charge in [0.2, 0.25) is 5.91 Å². The van der Waals surface area contributed by atoms with Crippen molar-refractivity contribution in [2.75, 3.05) is 11.9 Å². The molecule has 1 aliphatic carbocycles. The number of hydrogen-bond donors (Lipinski definition) is 3. The second kappa shape index (κ2) is 7.64. The summed E-state index contributed by atoms with van der Waals surface area (Å²) in [6, 6.07) is 12.0. The predicted octanol–water partition coefficient (Wildman–Crippen LogP) is 3.62. The van der Waals surface area contributed by atoms with Gasteiger partial charge >= 0.3 is 6.29 Å². The number of fused-ring (bicyclic) bond motifs is 4. The molecule has 1 unspecified atom stereocenters. The zero-order chi connectivity index (χ0) is 25.5. The highest BCUT2D eigenvalue weighted by molar-refractivity contribution is 6.02. The molecular weight excluding hydrogens is 474 g/mol. The smallest absolute Gasteiger partial charge is 0.395 e. The number of rotatable bonds is 4. The minimum atomic E-state index is -3.71. The van der Waals surface area contributed by atoms with Crippen LogP contribution in [0.15, 0.2) is 42.5 Å². The number of carbonyl (C=O) groups excluding carboxylic acids is 1. The summed E-state index contributed by atoms with van der Waals surface area (Å²) in [7, 11) is 0. The Labute approximate surface area is 205 Å². The maximum atomic E-state index is 13.4. The minimum absolute atomic E-state index is 0.0548. The summed E-state index contributed by atoms with van der Waals surface area (Å²) in [5.41, 5.74) is 1.41. The number of anilines is 1. The Hall–Kier alpha value is -3.21. The zero-order valence-electron chi connectivity index (χ0n) is 19.8. The van der Waals surface area contributed by atoms with Gasteiger partial charge in [-0.25, -0.2) is 0 Å². The Balaban J connectivity index is 1.28. The van der Waals surface area contributed by atoms with Crippen LogP contribution >= 0.6 is 0 Å². The van der Waals surface area contributed by atoms with Crippen molar-refractivity contribution in [2.45, 2.75) is 62.8 Å². The average molecular weight is 500 g/mol. The average Bonchev–Trinajstić information content (AvgIpc) is 3.48. The summed E-state index contributed by atoms with van der Waals surface area (Å²) in [6.45, 7) is 3.92. The molecule has 0 radical (unpaired) electrons. The Morgan fingerprint density at radius 2 is 1.86 bits per heavy atom. The molecular formula is C26H26F2N2O6. The van der Waals surface area contributed by atoms with Crippen LogP contribution in [0, 0.1) is 0 Å². The van der Waals surface area contributed by atoms with Crippen LogP contribution in [-0.2, 0) is 26.9 Å². The molecule has 0 saturated heterocycles. The van der Waals surface area contributed by atoms with Gasteiger partial charge in [-0.15, -0.1) is 8.78 Å². The molecule has 1 aromatic heterocycles. The van der Waals surface area contributed by atoms with Gasteiger partial charge in [-0.1, -0.05) is 6.07 Å². The highest BCUT2D eigenvalue weighted by Crippen LogP contribution is 2.52. The van der Waals surface area contributed by atoms with Gasteiger partial charge < -0.3 is 34.3 Å².